The smallest absolute Gasteiger partial charge is 0.250 e. The second-order valence-corrected chi connectivity index (χ2v) is 5.47. The molecule has 1 atom stereocenters. The summed E-state index contributed by atoms with van der Waals surface area (Å²) in [5.74, 6) is 0.338. The Morgan fingerprint density at radius 3 is 2.67 bits per heavy atom. The van der Waals surface area contributed by atoms with E-state index in [0.717, 1.165) is 12.8 Å². The van der Waals surface area contributed by atoms with E-state index in [9.17, 15) is 9.59 Å². The highest BCUT2D eigenvalue weighted by Crippen LogP contribution is 2.26. The van der Waals surface area contributed by atoms with Crippen LogP contribution in [0.2, 0.25) is 0 Å². The molecular formula is C15H24ClN3O2. The molecule has 5 nitrogen and oxygen atoms in total. The van der Waals surface area contributed by atoms with Gasteiger partial charge >= 0.3 is 0 Å². The van der Waals surface area contributed by atoms with Crippen molar-refractivity contribution in [2.75, 3.05) is 6.54 Å². The van der Waals surface area contributed by atoms with E-state index in [0.29, 0.717) is 12.5 Å². The van der Waals surface area contributed by atoms with Crippen LogP contribution in [0.15, 0.2) is 29.2 Å². The van der Waals surface area contributed by atoms with E-state index in [1.165, 1.54) is 29.9 Å². The lowest BCUT2D eigenvalue weighted by atomic mass is 9.84. The molecule has 1 fully saturated rings. The lowest BCUT2D eigenvalue weighted by Gasteiger charge is -2.30. The molecule has 0 spiro atoms. The molecule has 118 valence electrons. The monoisotopic (exact) mass is 313 g/mol. The van der Waals surface area contributed by atoms with Crippen molar-refractivity contribution in [1.82, 2.24) is 9.88 Å². The van der Waals surface area contributed by atoms with Crippen LogP contribution in [-0.2, 0) is 11.3 Å². The second kappa shape index (κ2) is 8.85. The van der Waals surface area contributed by atoms with E-state index >= 15 is 0 Å². The third kappa shape index (κ3) is 5.17. The first-order chi connectivity index (χ1) is 9.70. The van der Waals surface area contributed by atoms with E-state index in [2.05, 4.69) is 5.32 Å². The predicted molar refractivity (Wildman–Crippen MR) is 85.5 cm³/mol. The van der Waals surface area contributed by atoms with Crippen molar-refractivity contribution in [3.63, 3.8) is 0 Å². The summed E-state index contributed by atoms with van der Waals surface area (Å²) in [6.07, 6.45) is 7.60. The summed E-state index contributed by atoms with van der Waals surface area (Å²) in [6.45, 7) is 0.517. The first kappa shape index (κ1) is 17.7. The summed E-state index contributed by atoms with van der Waals surface area (Å²) < 4.78 is 1.41. The standard InChI is InChI=1S/C15H23N3O2.ClH/c16-10-13(12-6-2-1-3-7-12)17-14(19)11-18-9-5-4-8-15(18)20;/h4-5,8-9,12-13H,1-3,6-7,10-11,16H2,(H,17,19);1H. The average Bonchev–Trinajstić information content (AvgIpc) is 2.48. The minimum absolute atomic E-state index is 0. The average molecular weight is 314 g/mol. The number of halogens is 1. The molecule has 0 bridgehead atoms. The Morgan fingerprint density at radius 2 is 2.05 bits per heavy atom. The number of nitrogens with two attached hydrogens (primary N) is 1. The SMILES string of the molecule is Cl.NCC(NC(=O)Cn1ccccc1=O)C1CCCCC1. The molecule has 6 heteroatoms. The molecule has 21 heavy (non-hydrogen) atoms. The zero-order valence-electron chi connectivity index (χ0n) is 12.2. The van der Waals surface area contributed by atoms with E-state index in [1.54, 1.807) is 18.3 Å². The molecule has 1 heterocycles. The van der Waals surface area contributed by atoms with E-state index < -0.39 is 0 Å². The van der Waals surface area contributed by atoms with Crippen molar-refractivity contribution < 1.29 is 4.79 Å². The Hall–Kier alpha value is -1.33. The van der Waals surface area contributed by atoms with Gasteiger partial charge in [-0.1, -0.05) is 25.3 Å². The highest BCUT2D eigenvalue weighted by atomic mass is 35.5. The number of nitrogens with one attached hydrogen (secondary N) is 1. The number of nitrogens with zero attached hydrogens (tertiary/aromatic N) is 1. The van der Waals surface area contributed by atoms with E-state index in [-0.39, 0.29) is 36.5 Å². The van der Waals surface area contributed by atoms with Gasteiger partial charge in [0.2, 0.25) is 5.91 Å². The molecule has 1 aromatic heterocycles. The van der Waals surface area contributed by atoms with Crippen molar-refractivity contribution in [1.29, 1.82) is 0 Å². The summed E-state index contributed by atoms with van der Waals surface area (Å²) in [5, 5.41) is 2.99. The largest absolute Gasteiger partial charge is 0.350 e. The van der Waals surface area contributed by atoms with E-state index in [4.69, 9.17) is 5.73 Å². The minimum atomic E-state index is -0.162. The fourth-order valence-electron chi connectivity index (χ4n) is 2.90. The van der Waals surface area contributed by atoms with Crippen LogP contribution < -0.4 is 16.6 Å². The third-order valence-electron chi connectivity index (χ3n) is 4.03. The van der Waals surface area contributed by atoms with Crippen molar-refractivity contribution in [2.24, 2.45) is 11.7 Å². The van der Waals surface area contributed by atoms with Gasteiger partial charge in [-0.15, -0.1) is 12.4 Å². The second-order valence-electron chi connectivity index (χ2n) is 5.47. The van der Waals surface area contributed by atoms with Crippen LogP contribution in [0, 0.1) is 5.92 Å². The first-order valence-corrected chi connectivity index (χ1v) is 7.35. The summed E-state index contributed by atoms with van der Waals surface area (Å²) in [4.78, 5) is 23.6. The number of amides is 1. The number of carbonyl (C=O) groups excluding carboxylic acids is 1. The molecule has 1 unspecified atom stereocenters. The van der Waals surface area contributed by atoms with Crippen LogP contribution in [0.3, 0.4) is 0 Å². The molecular weight excluding hydrogens is 290 g/mol. The highest BCUT2D eigenvalue weighted by Gasteiger charge is 2.23. The quantitative estimate of drug-likeness (QED) is 0.860. The molecule has 0 aromatic carbocycles. The fourth-order valence-corrected chi connectivity index (χ4v) is 2.90. The van der Waals surface area contributed by atoms with Crippen molar-refractivity contribution in [3.8, 4) is 0 Å². The number of pyridine rings is 1. The Morgan fingerprint density at radius 1 is 1.33 bits per heavy atom. The van der Waals surface area contributed by atoms with Crippen molar-refractivity contribution in [3.05, 3.63) is 34.7 Å². The van der Waals surface area contributed by atoms with Crippen molar-refractivity contribution in [2.45, 2.75) is 44.7 Å². The number of rotatable bonds is 5. The molecule has 0 radical (unpaired) electrons. The maximum Gasteiger partial charge on any atom is 0.250 e. The Balaban J connectivity index is 0.00000220. The number of aromatic nitrogens is 1. The molecule has 0 aliphatic heterocycles. The van der Waals surface area contributed by atoms with Gasteiger partial charge in [0.1, 0.15) is 6.54 Å². The zero-order valence-corrected chi connectivity index (χ0v) is 13.0. The zero-order chi connectivity index (χ0) is 14.4. The van der Waals surface area contributed by atoms with E-state index in [1.807, 2.05) is 0 Å². The van der Waals surface area contributed by atoms with Crippen LogP contribution in [0.1, 0.15) is 32.1 Å². The molecule has 1 aromatic rings. The highest BCUT2D eigenvalue weighted by molar-refractivity contribution is 5.85. The summed E-state index contributed by atoms with van der Waals surface area (Å²) in [6, 6.07) is 4.90. The van der Waals surface area contributed by atoms with Gasteiger partial charge in [0.05, 0.1) is 0 Å². The van der Waals surface area contributed by atoms with Crippen LogP contribution in [0.25, 0.3) is 0 Å². The lowest BCUT2D eigenvalue weighted by molar-refractivity contribution is -0.122. The van der Waals surface area contributed by atoms with Crippen LogP contribution >= 0.6 is 12.4 Å². The normalized spacial score (nSPS) is 16.8. The molecule has 1 aliphatic rings. The van der Waals surface area contributed by atoms with Crippen LogP contribution in [-0.4, -0.2) is 23.1 Å². The summed E-state index contributed by atoms with van der Waals surface area (Å²) in [5.41, 5.74) is 5.63. The molecule has 1 aliphatic carbocycles. The topological polar surface area (TPSA) is 77.1 Å². The molecule has 3 N–H and O–H groups in total. The molecule has 1 saturated carbocycles. The molecule has 1 amide bonds. The Kier molecular flexibility index (Phi) is 7.47. The van der Waals surface area contributed by atoms with Crippen molar-refractivity contribution >= 4 is 18.3 Å². The first-order valence-electron chi connectivity index (χ1n) is 7.35. The lowest BCUT2D eigenvalue weighted by Crippen LogP contribution is -2.47. The van der Waals surface area contributed by atoms with Gasteiger partial charge < -0.3 is 15.6 Å². The maximum atomic E-state index is 12.1. The predicted octanol–water partition coefficient (Wildman–Crippen LogP) is 1.29. The summed E-state index contributed by atoms with van der Waals surface area (Å²) >= 11 is 0. The summed E-state index contributed by atoms with van der Waals surface area (Å²) in [7, 11) is 0. The van der Waals surface area contributed by atoms with Gasteiger partial charge in [-0.05, 0) is 24.8 Å². The van der Waals surface area contributed by atoms with Gasteiger partial charge in [0.15, 0.2) is 0 Å². The van der Waals surface area contributed by atoms with Gasteiger partial charge in [-0.2, -0.15) is 0 Å². The van der Waals surface area contributed by atoms with Gasteiger partial charge in [0, 0.05) is 24.8 Å². The minimum Gasteiger partial charge on any atom is -0.350 e. The van der Waals surface area contributed by atoms with Crippen LogP contribution in [0.4, 0.5) is 0 Å². The van der Waals surface area contributed by atoms with Crippen LogP contribution in [0.5, 0.6) is 0 Å². The maximum absolute atomic E-state index is 12.1. The van der Waals surface area contributed by atoms with Gasteiger partial charge in [-0.25, -0.2) is 0 Å². The molecule has 0 saturated heterocycles. The van der Waals surface area contributed by atoms with Gasteiger partial charge in [0.25, 0.3) is 5.56 Å². The number of hydrogen-bond acceptors (Lipinski definition) is 3. The molecule has 2 rings (SSSR count). The number of hydrogen-bond donors (Lipinski definition) is 2. The number of carbonyl (C=O) groups is 1. The Bertz CT molecular complexity index is 498. The van der Waals surface area contributed by atoms with Gasteiger partial charge in [-0.3, -0.25) is 9.59 Å². The fraction of sp³-hybridized carbons (Fsp3) is 0.600. The third-order valence-corrected chi connectivity index (χ3v) is 4.03. The Labute approximate surface area is 131 Å².